The zero-order chi connectivity index (χ0) is 19.2. The van der Waals surface area contributed by atoms with Gasteiger partial charge < -0.3 is 15.8 Å². The first-order chi connectivity index (χ1) is 12.8. The Balaban J connectivity index is 1.65. The van der Waals surface area contributed by atoms with Crippen molar-refractivity contribution in [2.75, 3.05) is 11.1 Å². The van der Waals surface area contributed by atoms with Crippen molar-refractivity contribution in [1.29, 1.82) is 0 Å². The molecule has 3 N–H and O–H groups in total. The Morgan fingerprint density at radius 2 is 2.07 bits per heavy atom. The summed E-state index contributed by atoms with van der Waals surface area (Å²) in [6, 6.07) is 7.95. The molecule has 0 radical (unpaired) electrons. The number of imidazole rings is 1. The van der Waals surface area contributed by atoms with Crippen molar-refractivity contribution in [2.24, 2.45) is 0 Å². The van der Waals surface area contributed by atoms with Crippen LogP contribution in [0.2, 0.25) is 0 Å². The topological polar surface area (TPSA) is 78.0 Å². The third-order valence-electron chi connectivity index (χ3n) is 4.17. The van der Waals surface area contributed by atoms with Crippen LogP contribution in [0, 0.1) is 0 Å². The van der Waals surface area contributed by atoms with Crippen molar-refractivity contribution in [3.63, 3.8) is 0 Å². The average Bonchev–Trinajstić information content (AvgIpc) is 3.13. The lowest BCUT2D eigenvalue weighted by atomic mass is 10.1. The van der Waals surface area contributed by atoms with Crippen LogP contribution in [0.5, 0.6) is 6.01 Å². The van der Waals surface area contributed by atoms with Crippen LogP contribution in [0.4, 0.5) is 30.4 Å². The molecule has 0 spiro atoms. The van der Waals surface area contributed by atoms with Crippen molar-refractivity contribution in [1.82, 2.24) is 14.5 Å². The number of benzene rings is 1. The number of rotatable bonds is 3. The Kier molecular flexibility index (Phi) is 3.94. The third kappa shape index (κ3) is 3.40. The maximum Gasteiger partial charge on any atom is 0.417 e. The molecular weight excluding hydrogens is 359 g/mol. The van der Waals surface area contributed by atoms with E-state index in [1.165, 1.54) is 6.07 Å². The van der Waals surface area contributed by atoms with Gasteiger partial charge in [0, 0.05) is 29.3 Å². The number of halogens is 3. The highest BCUT2D eigenvalue weighted by molar-refractivity contribution is 5.81. The number of hydrogen-bond acceptors (Lipinski definition) is 5. The molecule has 3 aromatic rings. The second-order valence-electron chi connectivity index (χ2n) is 6.35. The first-order valence-corrected chi connectivity index (χ1v) is 8.23. The maximum absolute atomic E-state index is 12.7. The minimum Gasteiger partial charge on any atom is -0.460 e. The number of nitrogens with zero attached hydrogens (tertiary/aromatic N) is 3. The summed E-state index contributed by atoms with van der Waals surface area (Å²) in [5, 5.41) is 3.03. The van der Waals surface area contributed by atoms with Crippen LogP contribution in [-0.2, 0) is 12.7 Å². The second kappa shape index (κ2) is 6.19. The largest absolute Gasteiger partial charge is 0.460 e. The number of fused-ring (bicyclic) bond motifs is 1. The number of nitrogens with two attached hydrogens (primary N) is 1. The number of alkyl halides is 3. The fraction of sp³-hybridized carbons (Fsp3) is 0.222. The SMILES string of the molecule is CC1Cn2cc(-c3cc(N)ccc3Nc3ccc(C(F)(F)F)cn3)nc2O1. The van der Waals surface area contributed by atoms with Crippen molar-refractivity contribution in [3.05, 3.63) is 48.3 Å². The van der Waals surface area contributed by atoms with E-state index in [9.17, 15) is 13.2 Å². The standard InChI is InChI=1S/C18H16F3N5O/c1-10-8-26-9-15(25-17(26)27-10)13-6-12(22)3-4-14(13)24-16-5-2-11(7-23-16)18(19,20)21/h2-7,9-10H,8,22H2,1H3,(H,23,24). The van der Waals surface area contributed by atoms with Gasteiger partial charge in [0.05, 0.1) is 17.8 Å². The van der Waals surface area contributed by atoms with E-state index in [1.807, 2.05) is 17.7 Å². The maximum atomic E-state index is 12.7. The molecule has 1 unspecified atom stereocenters. The monoisotopic (exact) mass is 375 g/mol. The van der Waals surface area contributed by atoms with Crippen LogP contribution in [0.15, 0.2) is 42.7 Å². The highest BCUT2D eigenvalue weighted by Crippen LogP contribution is 2.35. The average molecular weight is 375 g/mol. The van der Waals surface area contributed by atoms with Gasteiger partial charge in [-0.15, -0.1) is 0 Å². The number of nitrogens with one attached hydrogen (secondary N) is 1. The molecule has 4 rings (SSSR count). The van der Waals surface area contributed by atoms with Crippen LogP contribution in [0.3, 0.4) is 0 Å². The Morgan fingerprint density at radius 1 is 1.26 bits per heavy atom. The van der Waals surface area contributed by atoms with Gasteiger partial charge in [0.2, 0.25) is 0 Å². The Labute approximate surface area is 152 Å². The fourth-order valence-corrected chi connectivity index (χ4v) is 2.90. The van der Waals surface area contributed by atoms with Gasteiger partial charge in [0.25, 0.3) is 6.01 Å². The van der Waals surface area contributed by atoms with E-state index in [0.29, 0.717) is 35.2 Å². The Bertz CT molecular complexity index is 958. The van der Waals surface area contributed by atoms with Crippen LogP contribution in [0.25, 0.3) is 11.3 Å². The lowest BCUT2D eigenvalue weighted by molar-refractivity contribution is -0.137. The quantitative estimate of drug-likeness (QED) is 0.675. The van der Waals surface area contributed by atoms with Gasteiger partial charge in [-0.05, 0) is 37.3 Å². The van der Waals surface area contributed by atoms with Crippen molar-refractivity contribution >= 4 is 17.2 Å². The molecule has 2 aromatic heterocycles. The second-order valence-corrected chi connectivity index (χ2v) is 6.35. The number of anilines is 3. The van der Waals surface area contributed by atoms with E-state index in [1.54, 1.807) is 18.2 Å². The van der Waals surface area contributed by atoms with Crippen LogP contribution < -0.4 is 15.8 Å². The number of ether oxygens (including phenoxy) is 1. The van der Waals surface area contributed by atoms with Crippen LogP contribution in [-0.4, -0.2) is 20.6 Å². The lowest BCUT2D eigenvalue weighted by Crippen LogP contribution is -2.08. The first kappa shape index (κ1) is 17.2. The summed E-state index contributed by atoms with van der Waals surface area (Å²) in [6.45, 7) is 2.66. The summed E-state index contributed by atoms with van der Waals surface area (Å²) in [4.78, 5) is 8.32. The van der Waals surface area contributed by atoms with Gasteiger partial charge in [0.15, 0.2) is 0 Å². The molecule has 0 saturated carbocycles. The predicted octanol–water partition coefficient (Wildman–Crippen LogP) is 4.07. The van der Waals surface area contributed by atoms with Crippen molar-refractivity contribution in [3.8, 4) is 17.3 Å². The zero-order valence-electron chi connectivity index (χ0n) is 14.3. The molecule has 0 saturated heterocycles. The number of hydrogen-bond donors (Lipinski definition) is 2. The molecule has 140 valence electrons. The Morgan fingerprint density at radius 3 is 2.74 bits per heavy atom. The normalized spacial score (nSPS) is 16.1. The minimum absolute atomic E-state index is 0.0661. The summed E-state index contributed by atoms with van der Waals surface area (Å²) >= 11 is 0. The van der Waals surface area contributed by atoms with E-state index in [-0.39, 0.29) is 11.9 Å². The van der Waals surface area contributed by atoms with Gasteiger partial charge in [-0.3, -0.25) is 4.57 Å². The summed E-state index contributed by atoms with van der Waals surface area (Å²) in [5.41, 5.74) is 7.62. The molecule has 6 nitrogen and oxygen atoms in total. The van der Waals surface area contributed by atoms with E-state index in [0.717, 1.165) is 12.3 Å². The van der Waals surface area contributed by atoms with Gasteiger partial charge in [-0.25, -0.2) is 4.98 Å². The minimum atomic E-state index is -4.42. The summed E-state index contributed by atoms with van der Waals surface area (Å²) in [5.74, 6) is 0.283. The zero-order valence-corrected chi connectivity index (χ0v) is 14.3. The van der Waals surface area contributed by atoms with Gasteiger partial charge in [0.1, 0.15) is 11.9 Å². The molecule has 1 atom stereocenters. The van der Waals surface area contributed by atoms with Gasteiger partial charge >= 0.3 is 6.18 Å². The van der Waals surface area contributed by atoms with E-state index in [4.69, 9.17) is 10.5 Å². The van der Waals surface area contributed by atoms with Crippen LogP contribution >= 0.6 is 0 Å². The molecule has 0 amide bonds. The molecule has 1 aliphatic rings. The molecule has 3 heterocycles. The first-order valence-electron chi connectivity index (χ1n) is 8.23. The molecule has 27 heavy (non-hydrogen) atoms. The fourth-order valence-electron chi connectivity index (χ4n) is 2.90. The highest BCUT2D eigenvalue weighted by Gasteiger charge is 2.30. The van der Waals surface area contributed by atoms with Crippen LogP contribution in [0.1, 0.15) is 12.5 Å². The number of aromatic nitrogens is 3. The molecule has 0 fully saturated rings. The smallest absolute Gasteiger partial charge is 0.417 e. The van der Waals surface area contributed by atoms with E-state index >= 15 is 0 Å². The Hall–Kier alpha value is -3.23. The molecule has 1 aromatic carbocycles. The highest BCUT2D eigenvalue weighted by atomic mass is 19.4. The molecule has 0 bridgehead atoms. The van der Waals surface area contributed by atoms with Crippen molar-refractivity contribution < 1.29 is 17.9 Å². The number of nitrogen functional groups attached to an aromatic ring is 1. The van der Waals surface area contributed by atoms with Gasteiger partial charge in [-0.1, -0.05) is 0 Å². The molecule has 1 aliphatic heterocycles. The van der Waals surface area contributed by atoms with E-state index in [2.05, 4.69) is 15.3 Å². The lowest BCUT2D eigenvalue weighted by Gasteiger charge is -2.12. The third-order valence-corrected chi connectivity index (χ3v) is 4.17. The molecule has 0 aliphatic carbocycles. The molecular formula is C18H16F3N5O. The summed E-state index contributed by atoms with van der Waals surface area (Å²) in [7, 11) is 0. The van der Waals surface area contributed by atoms with E-state index < -0.39 is 11.7 Å². The number of pyridine rings is 1. The summed E-state index contributed by atoms with van der Waals surface area (Å²) < 4.78 is 45.6. The van der Waals surface area contributed by atoms with Crippen molar-refractivity contribution in [2.45, 2.75) is 25.7 Å². The summed E-state index contributed by atoms with van der Waals surface area (Å²) in [6.07, 6.45) is -1.71. The molecule has 9 heteroatoms. The predicted molar refractivity (Wildman–Crippen MR) is 94.7 cm³/mol. The van der Waals surface area contributed by atoms with Gasteiger partial charge in [-0.2, -0.15) is 18.2 Å².